The Morgan fingerprint density at radius 2 is 1.88 bits per heavy atom. The van der Waals surface area contributed by atoms with Gasteiger partial charge in [0.25, 0.3) is 0 Å². The smallest absolute Gasteiger partial charge is 0.305 e. The summed E-state index contributed by atoms with van der Waals surface area (Å²) in [6, 6.07) is 0. The molecule has 0 saturated heterocycles. The van der Waals surface area contributed by atoms with Crippen LogP contribution in [0.1, 0.15) is 59.8 Å². The van der Waals surface area contributed by atoms with E-state index in [2.05, 4.69) is 13.8 Å². The van der Waals surface area contributed by atoms with Crippen molar-refractivity contribution >= 4 is 5.97 Å². The highest BCUT2D eigenvalue weighted by Gasteiger charge is 2.18. The standard InChI is InChI=1S/C14H28O3/c1-12(2)8-6-5-7-9-13(16)17-11-14(3,4)10-15/h12,15H,5-11H2,1-4H3. The Morgan fingerprint density at radius 3 is 2.41 bits per heavy atom. The van der Waals surface area contributed by atoms with Crippen molar-refractivity contribution in [3.05, 3.63) is 0 Å². The lowest BCUT2D eigenvalue weighted by atomic mass is 9.96. The Bertz CT molecular complexity index is 210. The van der Waals surface area contributed by atoms with Gasteiger partial charge in [-0.05, 0) is 12.3 Å². The Morgan fingerprint density at radius 1 is 1.24 bits per heavy atom. The molecule has 0 aromatic heterocycles. The Labute approximate surface area is 106 Å². The van der Waals surface area contributed by atoms with E-state index in [0.29, 0.717) is 13.0 Å². The molecule has 0 saturated carbocycles. The third kappa shape index (κ3) is 10.3. The molecule has 102 valence electrons. The number of hydrogen-bond acceptors (Lipinski definition) is 3. The Balaban J connectivity index is 3.47. The minimum atomic E-state index is -0.326. The first-order valence-corrected chi connectivity index (χ1v) is 6.64. The number of aliphatic hydroxyl groups is 1. The number of esters is 1. The van der Waals surface area contributed by atoms with Crippen molar-refractivity contribution in [3.8, 4) is 0 Å². The molecule has 0 aliphatic heterocycles. The van der Waals surface area contributed by atoms with Crippen LogP contribution >= 0.6 is 0 Å². The lowest BCUT2D eigenvalue weighted by molar-refractivity contribution is -0.147. The minimum Gasteiger partial charge on any atom is -0.465 e. The summed E-state index contributed by atoms with van der Waals surface area (Å²) >= 11 is 0. The fourth-order valence-corrected chi connectivity index (χ4v) is 1.39. The number of carbonyl (C=O) groups excluding carboxylic acids is 1. The highest BCUT2D eigenvalue weighted by molar-refractivity contribution is 5.69. The maximum Gasteiger partial charge on any atom is 0.305 e. The molecule has 0 unspecified atom stereocenters. The second kappa shape index (κ2) is 8.51. The molecule has 0 rings (SSSR count). The molecule has 0 spiro atoms. The fourth-order valence-electron chi connectivity index (χ4n) is 1.39. The van der Waals surface area contributed by atoms with Gasteiger partial charge < -0.3 is 9.84 Å². The van der Waals surface area contributed by atoms with Crippen molar-refractivity contribution in [3.63, 3.8) is 0 Å². The van der Waals surface area contributed by atoms with Gasteiger partial charge in [-0.15, -0.1) is 0 Å². The van der Waals surface area contributed by atoms with Crippen LogP contribution in [0.4, 0.5) is 0 Å². The number of aliphatic hydroxyl groups excluding tert-OH is 1. The molecule has 0 bridgehead atoms. The van der Waals surface area contributed by atoms with E-state index in [1.807, 2.05) is 13.8 Å². The van der Waals surface area contributed by atoms with Gasteiger partial charge in [0.15, 0.2) is 0 Å². The maximum atomic E-state index is 11.4. The zero-order chi connectivity index (χ0) is 13.3. The van der Waals surface area contributed by atoms with Crippen molar-refractivity contribution < 1.29 is 14.6 Å². The molecule has 0 aromatic carbocycles. The Hall–Kier alpha value is -0.570. The summed E-state index contributed by atoms with van der Waals surface area (Å²) in [5.74, 6) is 0.600. The molecule has 0 radical (unpaired) electrons. The van der Waals surface area contributed by atoms with E-state index < -0.39 is 0 Å². The number of rotatable bonds is 9. The minimum absolute atomic E-state index is 0.0364. The van der Waals surface area contributed by atoms with E-state index >= 15 is 0 Å². The van der Waals surface area contributed by atoms with Gasteiger partial charge in [0, 0.05) is 11.8 Å². The van der Waals surface area contributed by atoms with Crippen molar-refractivity contribution in [2.45, 2.75) is 59.8 Å². The van der Waals surface area contributed by atoms with E-state index in [-0.39, 0.29) is 18.0 Å². The van der Waals surface area contributed by atoms with Gasteiger partial charge in [-0.2, -0.15) is 0 Å². The topological polar surface area (TPSA) is 46.5 Å². The molecule has 0 aliphatic rings. The van der Waals surface area contributed by atoms with Gasteiger partial charge in [0.05, 0.1) is 13.2 Å². The predicted molar refractivity (Wildman–Crippen MR) is 69.7 cm³/mol. The van der Waals surface area contributed by atoms with Crippen molar-refractivity contribution in [1.82, 2.24) is 0 Å². The summed E-state index contributed by atoms with van der Waals surface area (Å²) < 4.78 is 5.13. The zero-order valence-corrected chi connectivity index (χ0v) is 11.8. The average molecular weight is 244 g/mol. The largest absolute Gasteiger partial charge is 0.465 e. The molecule has 0 heterocycles. The first kappa shape index (κ1) is 16.4. The summed E-state index contributed by atoms with van der Waals surface area (Å²) in [7, 11) is 0. The van der Waals surface area contributed by atoms with Gasteiger partial charge >= 0.3 is 5.97 Å². The van der Waals surface area contributed by atoms with Gasteiger partial charge in [0.2, 0.25) is 0 Å². The molecule has 17 heavy (non-hydrogen) atoms. The summed E-state index contributed by atoms with van der Waals surface area (Å²) in [6.45, 7) is 8.52. The van der Waals surface area contributed by atoms with Crippen LogP contribution in [-0.4, -0.2) is 24.3 Å². The normalized spacial score (nSPS) is 11.9. The predicted octanol–water partition coefficient (Wildman–Crippen LogP) is 3.15. The van der Waals surface area contributed by atoms with Crippen LogP contribution in [0.3, 0.4) is 0 Å². The van der Waals surface area contributed by atoms with Crippen LogP contribution in [0, 0.1) is 11.3 Å². The Kier molecular flexibility index (Phi) is 8.23. The van der Waals surface area contributed by atoms with Gasteiger partial charge in [-0.3, -0.25) is 4.79 Å². The van der Waals surface area contributed by atoms with Crippen LogP contribution in [0.5, 0.6) is 0 Å². The van der Waals surface area contributed by atoms with Crippen molar-refractivity contribution in [2.75, 3.05) is 13.2 Å². The third-order valence-corrected chi connectivity index (χ3v) is 2.71. The summed E-state index contributed by atoms with van der Waals surface area (Å²) in [4.78, 5) is 11.4. The number of carbonyl (C=O) groups is 1. The monoisotopic (exact) mass is 244 g/mol. The molecular weight excluding hydrogens is 216 g/mol. The molecule has 0 aromatic rings. The van der Waals surface area contributed by atoms with Crippen LogP contribution < -0.4 is 0 Å². The molecule has 0 fully saturated rings. The molecule has 0 aliphatic carbocycles. The van der Waals surface area contributed by atoms with Gasteiger partial charge in [0.1, 0.15) is 0 Å². The molecular formula is C14H28O3. The van der Waals surface area contributed by atoms with E-state index in [9.17, 15) is 4.79 Å². The second-order valence-electron chi connectivity index (χ2n) is 5.98. The first-order chi connectivity index (χ1) is 7.87. The van der Waals surface area contributed by atoms with Gasteiger partial charge in [-0.25, -0.2) is 0 Å². The lowest BCUT2D eigenvalue weighted by Gasteiger charge is -2.20. The molecule has 1 N–H and O–H groups in total. The van der Waals surface area contributed by atoms with Crippen molar-refractivity contribution in [1.29, 1.82) is 0 Å². The number of unbranched alkanes of at least 4 members (excludes halogenated alkanes) is 2. The van der Waals surface area contributed by atoms with Crippen LogP contribution in [0.15, 0.2) is 0 Å². The van der Waals surface area contributed by atoms with E-state index in [0.717, 1.165) is 18.8 Å². The second-order valence-corrected chi connectivity index (χ2v) is 5.98. The fraction of sp³-hybridized carbons (Fsp3) is 0.929. The van der Waals surface area contributed by atoms with Crippen LogP contribution in [-0.2, 0) is 9.53 Å². The number of ether oxygens (including phenoxy) is 1. The zero-order valence-electron chi connectivity index (χ0n) is 11.8. The van der Waals surface area contributed by atoms with Crippen LogP contribution in [0.25, 0.3) is 0 Å². The summed E-state index contributed by atoms with van der Waals surface area (Å²) in [5, 5.41) is 9.01. The van der Waals surface area contributed by atoms with E-state index in [4.69, 9.17) is 9.84 Å². The first-order valence-electron chi connectivity index (χ1n) is 6.64. The molecule has 3 nitrogen and oxygen atoms in total. The molecule has 0 atom stereocenters. The highest BCUT2D eigenvalue weighted by Crippen LogP contribution is 2.15. The number of hydrogen-bond donors (Lipinski definition) is 1. The highest BCUT2D eigenvalue weighted by atomic mass is 16.5. The van der Waals surface area contributed by atoms with E-state index in [1.54, 1.807) is 0 Å². The van der Waals surface area contributed by atoms with Crippen molar-refractivity contribution in [2.24, 2.45) is 11.3 Å². The summed E-state index contributed by atoms with van der Waals surface area (Å²) in [5.41, 5.74) is -0.326. The molecule has 3 heteroatoms. The quantitative estimate of drug-likeness (QED) is 0.500. The maximum absolute atomic E-state index is 11.4. The van der Waals surface area contributed by atoms with Gasteiger partial charge in [-0.1, -0.05) is 47.0 Å². The third-order valence-electron chi connectivity index (χ3n) is 2.71. The average Bonchev–Trinajstić information content (AvgIpc) is 2.26. The molecule has 0 amide bonds. The van der Waals surface area contributed by atoms with Crippen LogP contribution in [0.2, 0.25) is 0 Å². The van der Waals surface area contributed by atoms with E-state index in [1.165, 1.54) is 12.8 Å². The SMILES string of the molecule is CC(C)CCCCCC(=O)OCC(C)(C)CO. The lowest BCUT2D eigenvalue weighted by Crippen LogP contribution is -2.25. The summed E-state index contributed by atoms with van der Waals surface area (Å²) in [6.07, 6.45) is 4.92.